The van der Waals surface area contributed by atoms with E-state index in [9.17, 15) is 33.0 Å². The zero-order chi connectivity index (χ0) is 33.3. The van der Waals surface area contributed by atoms with Crippen LogP contribution in [-0.4, -0.2) is 47.6 Å². The van der Waals surface area contributed by atoms with Gasteiger partial charge in [-0.1, -0.05) is 30.3 Å². The highest BCUT2D eigenvalue weighted by molar-refractivity contribution is 6.09. The number of hydrogen-bond acceptors (Lipinski definition) is 8. The quantitative estimate of drug-likeness (QED) is 0.165. The van der Waals surface area contributed by atoms with Gasteiger partial charge in [0.25, 0.3) is 0 Å². The average Bonchev–Trinajstić information content (AvgIpc) is 3.67. The first-order chi connectivity index (χ1) is 22.5. The number of nitrogens with zero attached hydrogens (tertiary/aromatic N) is 4. The summed E-state index contributed by atoms with van der Waals surface area (Å²) in [6.07, 6.45) is 0.914. The van der Waals surface area contributed by atoms with Gasteiger partial charge in [0.05, 0.1) is 22.7 Å². The van der Waals surface area contributed by atoms with Gasteiger partial charge in [-0.3, -0.25) is 14.6 Å². The number of aliphatic hydroxyl groups excluding tert-OH is 2. The maximum absolute atomic E-state index is 13.8. The van der Waals surface area contributed by atoms with E-state index in [1.807, 2.05) is 11.5 Å². The lowest BCUT2D eigenvalue weighted by Crippen LogP contribution is -2.20. The van der Waals surface area contributed by atoms with Crippen LogP contribution in [0, 0.1) is 12.8 Å². The van der Waals surface area contributed by atoms with Crippen LogP contribution < -0.4 is 0 Å². The van der Waals surface area contributed by atoms with Crippen LogP contribution in [0.2, 0.25) is 0 Å². The fourth-order valence-corrected chi connectivity index (χ4v) is 6.07. The third-order valence-corrected chi connectivity index (χ3v) is 8.51. The molecule has 47 heavy (non-hydrogen) atoms. The minimum absolute atomic E-state index is 0.0771. The lowest BCUT2D eigenvalue weighted by Gasteiger charge is -2.24. The topological polar surface area (TPSA) is 131 Å². The predicted octanol–water partition coefficient (Wildman–Crippen LogP) is 6.95. The van der Waals surface area contributed by atoms with Crippen molar-refractivity contribution >= 4 is 34.8 Å². The molecule has 0 amide bonds. The minimum atomic E-state index is -4.77. The van der Waals surface area contributed by atoms with E-state index >= 15 is 0 Å². The molecule has 0 spiro atoms. The van der Waals surface area contributed by atoms with E-state index in [-0.39, 0.29) is 23.7 Å². The summed E-state index contributed by atoms with van der Waals surface area (Å²) in [4.78, 5) is 31.4. The largest absolute Gasteiger partial charge is 0.470 e. The Labute approximate surface area is 267 Å². The fourth-order valence-electron chi connectivity index (χ4n) is 6.07. The van der Waals surface area contributed by atoms with Gasteiger partial charge in [-0.2, -0.15) is 13.2 Å². The number of pyridine rings is 1. The van der Waals surface area contributed by atoms with Crippen LogP contribution in [0.4, 0.5) is 13.2 Å². The molecular formula is C35H31F3N4O5. The zero-order valence-corrected chi connectivity index (χ0v) is 25.3. The normalized spacial score (nSPS) is 17.7. The van der Waals surface area contributed by atoms with Crippen molar-refractivity contribution < 1.29 is 37.4 Å². The number of aromatic nitrogens is 4. The van der Waals surface area contributed by atoms with Crippen LogP contribution in [-0.2, 0) is 6.18 Å². The van der Waals surface area contributed by atoms with Crippen molar-refractivity contribution in [3.63, 3.8) is 0 Å². The Balaban J connectivity index is 1.36. The first-order valence-electron chi connectivity index (χ1n) is 15.2. The second-order valence-corrected chi connectivity index (χ2v) is 11.7. The lowest BCUT2D eigenvalue weighted by molar-refractivity contribution is -0.157. The van der Waals surface area contributed by atoms with Crippen molar-refractivity contribution in [3.05, 3.63) is 107 Å². The number of aliphatic hydroxyl groups is 2. The van der Waals surface area contributed by atoms with Crippen LogP contribution in [0.1, 0.15) is 87.5 Å². The molecule has 6 rings (SSSR count). The monoisotopic (exact) mass is 644 g/mol. The summed E-state index contributed by atoms with van der Waals surface area (Å²) >= 11 is 0. The van der Waals surface area contributed by atoms with E-state index < -0.39 is 24.0 Å². The lowest BCUT2D eigenvalue weighted by atomic mass is 9.83. The smallest absolute Gasteiger partial charge is 0.413 e. The predicted molar refractivity (Wildman–Crippen MR) is 167 cm³/mol. The van der Waals surface area contributed by atoms with E-state index in [1.54, 1.807) is 60.7 Å². The highest BCUT2D eigenvalue weighted by Crippen LogP contribution is 2.34. The Kier molecular flexibility index (Phi) is 8.89. The van der Waals surface area contributed by atoms with Crippen LogP contribution in [0.15, 0.2) is 71.3 Å². The van der Waals surface area contributed by atoms with Crippen molar-refractivity contribution in [2.24, 2.45) is 5.92 Å². The standard InChI is InChI=1S/C35H31F3N4O5/c1-20-30(28(44)18-21-7-14-26(43)15-8-21)31-27(17-22(19-39-31)9-16-29-40-41-34(47-29)35(36,37)38)42(20)25-12-10-24(11-13-25)33(46)32(45)23-5-3-2-4-6-23/h2-6,9-13,16-17,19,21,26,32,43,45H,7-8,14-15,18H2,1H3. The molecule has 2 aromatic carbocycles. The Morgan fingerprint density at radius 1 is 1.02 bits per heavy atom. The van der Waals surface area contributed by atoms with Gasteiger partial charge >= 0.3 is 12.1 Å². The number of ketones is 2. The van der Waals surface area contributed by atoms with Gasteiger partial charge in [0.15, 0.2) is 11.6 Å². The summed E-state index contributed by atoms with van der Waals surface area (Å²) in [6.45, 7) is 1.81. The molecule has 0 saturated heterocycles. The van der Waals surface area contributed by atoms with E-state index in [0.29, 0.717) is 63.9 Å². The molecule has 0 bridgehead atoms. The molecular weight excluding hydrogens is 613 g/mol. The first-order valence-corrected chi connectivity index (χ1v) is 15.2. The van der Waals surface area contributed by atoms with E-state index in [1.165, 1.54) is 18.3 Å². The Morgan fingerprint density at radius 2 is 1.72 bits per heavy atom. The van der Waals surface area contributed by atoms with E-state index in [4.69, 9.17) is 4.42 Å². The Bertz CT molecular complexity index is 1940. The number of alkyl halides is 3. The number of hydrogen-bond donors (Lipinski definition) is 2. The van der Waals surface area contributed by atoms with Gasteiger partial charge in [-0.25, -0.2) is 0 Å². The molecule has 1 aliphatic rings. The molecule has 5 aromatic rings. The number of halogens is 3. The van der Waals surface area contributed by atoms with E-state index in [2.05, 4.69) is 15.2 Å². The molecule has 12 heteroatoms. The van der Waals surface area contributed by atoms with Crippen LogP contribution in [0.25, 0.3) is 28.9 Å². The van der Waals surface area contributed by atoms with Gasteiger partial charge in [-0.05, 0) is 86.1 Å². The van der Waals surface area contributed by atoms with Crippen molar-refractivity contribution in [2.45, 2.75) is 57.4 Å². The fraction of sp³-hybridized carbons (Fsp3) is 0.286. The maximum atomic E-state index is 13.8. The summed E-state index contributed by atoms with van der Waals surface area (Å²) in [5.41, 5.74) is 4.02. The summed E-state index contributed by atoms with van der Waals surface area (Å²) in [7, 11) is 0. The summed E-state index contributed by atoms with van der Waals surface area (Å²) < 4.78 is 45.2. The second-order valence-electron chi connectivity index (χ2n) is 11.7. The third-order valence-electron chi connectivity index (χ3n) is 8.51. The highest BCUT2D eigenvalue weighted by Gasteiger charge is 2.38. The third kappa shape index (κ3) is 6.79. The van der Waals surface area contributed by atoms with Crippen molar-refractivity contribution in [1.82, 2.24) is 19.7 Å². The number of fused-ring (bicyclic) bond motifs is 1. The SMILES string of the molecule is Cc1c(C(=O)CC2CCC(O)CC2)c2ncc(C=Cc3nnc(C(F)(F)F)o3)cc2n1-c1ccc(C(=O)C(O)c2ccccc2)cc1. The van der Waals surface area contributed by atoms with Crippen molar-refractivity contribution in [1.29, 1.82) is 0 Å². The molecule has 1 saturated carbocycles. The molecule has 242 valence electrons. The number of Topliss-reactive ketones (excluding diaryl/α,β-unsaturated/α-hetero) is 2. The summed E-state index contributed by atoms with van der Waals surface area (Å²) in [5.74, 6) is -2.19. The molecule has 2 N–H and O–H groups in total. The van der Waals surface area contributed by atoms with Crippen LogP contribution in [0.5, 0.6) is 0 Å². The first kappa shape index (κ1) is 32.0. The van der Waals surface area contributed by atoms with Gasteiger partial charge in [0, 0.05) is 35.6 Å². The Morgan fingerprint density at radius 3 is 2.38 bits per heavy atom. The van der Waals surface area contributed by atoms with E-state index in [0.717, 1.165) is 12.8 Å². The summed E-state index contributed by atoms with van der Waals surface area (Å²) in [6, 6.07) is 17.0. The molecule has 1 fully saturated rings. The van der Waals surface area contributed by atoms with Gasteiger partial charge < -0.3 is 19.2 Å². The molecule has 1 unspecified atom stereocenters. The molecule has 0 radical (unpaired) electrons. The second kappa shape index (κ2) is 13.0. The minimum Gasteiger partial charge on any atom is -0.413 e. The molecule has 3 aromatic heterocycles. The Hall–Kier alpha value is -4.94. The molecule has 1 aliphatic carbocycles. The van der Waals surface area contributed by atoms with Crippen molar-refractivity contribution in [2.75, 3.05) is 0 Å². The summed E-state index contributed by atoms with van der Waals surface area (Å²) in [5, 5.41) is 27.0. The zero-order valence-electron chi connectivity index (χ0n) is 25.3. The van der Waals surface area contributed by atoms with Crippen LogP contribution in [0.3, 0.4) is 0 Å². The maximum Gasteiger partial charge on any atom is 0.470 e. The van der Waals surface area contributed by atoms with Gasteiger partial charge in [-0.15, -0.1) is 10.2 Å². The number of benzene rings is 2. The number of carbonyl (C=O) groups is 2. The molecule has 3 heterocycles. The number of rotatable bonds is 9. The van der Waals surface area contributed by atoms with Crippen LogP contribution >= 0.6 is 0 Å². The molecule has 1 atom stereocenters. The molecule has 9 nitrogen and oxygen atoms in total. The number of carbonyl (C=O) groups excluding carboxylic acids is 2. The van der Waals surface area contributed by atoms with Gasteiger partial charge in [0.2, 0.25) is 5.89 Å². The van der Waals surface area contributed by atoms with Gasteiger partial charge in [0.1, 0.15) is 6.10 Å². The average molecular weight is 645 g/mol. The molecule has 0 aliphatic heterocycles. The van der Waals surface area contributed by atoms with Crippen molar-refractivity contribution in [3.8, 4) is 5.69 Å². The highest BCUT2D eigenvalue weighted by atomic mass is 19.4.